The highest BCUT2D eigenvalue weighted by molar-refractivity contribution is 9.10. The molecule has 29 heavy (non-hydrogen) atoms. The predicted octanol–water partition coefficient (Wildman–Crippen LogP) is 5.52. The van der Waals surface area contributed by atoms with E-state index in [0.717, 1.165) is 10.0 Å². The van der Waals surface area contributed by atoms with Crippen molar-refractivity contribution in [2.75, 3.05) is 11.5 Å². The van der Waals surface area contributed by atoms with E-state index < -0.39 is 5.97 Å². The Morgan fingerprint density at radius 1 is 1.07 bits per heavy atom. The molecular formula is C22H18BrClN2O3. The van der Waals surface area contributed by atoms with Gasteiger partial charge in [0.2, 0.25) is 0 Å². The smallest absolute Gasteiger partial charge is 0.338 e. The highest BCUT2D eigenvalue weighted by atomic mass is 79.9. The molecule has 0 radical (unpaired) electrons. The topological polar surface area (TPSA) is 59.5 Å². The second kappa shape index (κ2) is 9.67. The Bertz CT molecular complexity index is 1010. The second-order valence-corrected chi connectivity index (χ2v) is 7.46. The molecular weight excluding hydrogens is 456 g/mol. The molecule has 0 N–H and O–H groups in total. The number of pyridine rings is 1. The van der Waals surface area contributed by atoms with Crippen LogP contribution in [0.1, 0.15) is 33.2 Å². The van der Waals surface area contributed by atoms with Gasteiger partial charge in [0.25, 0.3) is 5.91 Å². The number of esters is 1. The summed E-state index contributed by atoms with van der Waals surface area (Å²) in [4.78, 5) is 30.9. The lowest BCUT2D eigenvalue weighted by molar-refractivity contribution is 0.0526. The summed E-state index contributed by atoms with van der Waals surface area (Å²) in [5.41, 5.74) is 2.35. The first-order valence-corrected chi connectivity index (χ1v) is 10.1. The van der Waals surface area contributed by atoms with E-state index in [9.17, 15) is 9.59 Å². The molecule has 1 heterocycles. The van der Waals surface area contributed by atoms with Crippen LogP contribution in [0.15, 0.2) is 71.5 Å². The van der Waals surface area contributed by atoms with Gasteiger partial charge in [0.15, 0.2) is 0 Å². The van der Waals surface area contributed by atoms with Crippen molar-refractivity contribution in [1.82, 2.24) is 4.98 Å². The van der Waals surface area contributed by atoms with Gasteiger partial charge >= 0.3 is 5.97 Å². The summed E-state index contributed by atoms with van der Waals surface area (Å²) in [5.74, 6) is -0.655. The van der Waals surface area contributed by atoms with E-state index in [1.165, 1.54) is 0 Å². The fourth-order valence-corrected chi connectivity index (χ4v) is 3.31. The molecule has 0 unspecified atom stereocenters. The Labute approximate surface area is 182 Å². The maximum atomic E-state index is 13.4. The minimum Gasteiger partial charge on any atom is -0.462 e. The molecule has 7 heteroatoms. The predicted molar refractivity (Wildman–Crippen MR) is 116 cm³/mol. The van der Waals surface area contributed by atoms with Crippen LogP contribution in [0.5, 0.6) is 0 Å². The van der Waals surface area contributed by atoms with Gasteiger partial charge < -0.3 is 9.64 Å². The van der Waals surface area contributed by atoms with Gasteiger partial charge in [-0.3, -0.25) is 9.78 Å². The fraction of sp³-hybridized carbons (Fsp3) is 0.136. The number of ether oxygens (including phenoxy) is 1. The zero-order valence-corrected chi connectivity index (χ0v) is 18.0. The Kier molecular flexibility index (Phi) is 7.01. The molecule has 3 rings (SSSR count). The standard InChI is InChI=1S/C22H18BrClN2O3/c1-2-29-22(28)16-3-6-18(7-4-16)26(14-15-9-11-25-12-10-15)21(27)19-13-17(23)5-8-20(19)24/h3-13H,2,14H2,1H3. The van der Waals surface area contributed by atoms with Gasteiger partial charge in [-0.2, -0.15) is 0 Å². The summed E-state index contributed by atoms with van der Waals surface area (Å²) in [6, 6.07) is 15.6. The van der Waals surface area contributed by atoms with Crippen LogP contribution in [0, 0.1) is 0 Å². The van der Waals surface area contributed by atoms with Crippen molar-refractivity contribution in [3.05, 3.63) is 93.2 Å². The summed E-state index contributed by atoms with van der Waals surface area (Å²) >= 11 is 9.68. The molecule has 0 bridgehead atoms. The molecule has 0 aliphatic heterocycles. The first-order chi connectivity index (χ1) is 14.0. The number of amides is 1. The van der Waals surface area contributed by atoms with Crippen molar-refractivity contribution in [2.24, 2.45) is 0 Å². The van der Waals surface area contributed by atoms with Crippen molar-refractivity contribution in [2.45, 2.75) is 13.5 Å². The lowest BCUT2D eigenvalue weighted by Gasteiger charge is -2.24. The third kappa shape index (κ3) is 5.22. The Morgan fingerprint density at radius 3 is 2.41 bits per heavy atom. The van der Waals surface area contributed by atoms with Gasteiger partial charge in [0, 0.05) is 22.6 Å². The maximum absolute atomic E-state index is 13.4. The number of halogens is 2. The lowest BCUT2D eigenvalue weighted by atomic mass is 10.1. The average Bonchev–Trinajstić information content (AvgIpc) is 2.74. The largest absolute Gasteiger partial charge is 0.462 e. The molecule has 148 valence electrons. The lowest BCUT2D eigenvalue weighted by Crippen LogP contribution is -2.30. The number of rotatable bonds is 6. The molecule has 0 atom stereocenters. The van der Waals surface area contributed by atoms with E-state index in [4.69, 9.17) is 16.3 Å². The summed E-state index contributed by atoms with van der Waals surface area (Å²) in [7, 11) is 0. The maximum Gasteiger partial charge on any atom is 0.338 e. The molecule has 0 spiro atoms. The first-order valence-electron chi connectivity index (χ1n) is 8.92. The van der Waals surface area contributed by atoms with Crippen LogP contribution in [0.25, 0.3) is 0 Å². The monoisotopic (exact) mass is 472 g/mol. The third-order valence-corrected chi connectivity index (χ3v) is 5.01. The van der Waals surface area contributed by atoms with Gasteiger partial charge in [-0.15, -0.1) is 0 Å². The molecule has 2 aromatic carbocycles. The summed E-state index contributed by atoms with van der Waals surface area (Å²) < 4.78 is 5.78. The highest BCUT2D eigenvalue weighted by Crippen LogP contribution is 2.26. The van der Waals surface area contributed by atoms with E-state index >= 15 is 0 Å². The summed E-state index contributed by atoms with van der Waals surface area (Å²) in [6.45, 7) is 2.38. The zero-order chi connectivity index (χ0) is 20.8. The number of aromatic nitrogens is 1. The van der Waals surface area contributed by atoms with Gasteiger partial charge in [-0.1, -0.05) is 27.5 Å². The zero-order valence-electron chi connectivity index (χ0n) is 15.6. The van der Waals surface area contributed by atoms with E-state index in [2.05, 4.69) is 20.9 Å². The minimum atomic E-state index is -0.402. The van der Waals surface area contributed by atoms with Crippen molar-refractivity contribution < 1.29 is 14.3 Å². The number of carbonyl (C=O) groups excluding carboxylic acids is 2. The van der Waals surface area contributed by atoms with E-state index in [-0.39, 0.29) is 5.91 Å². The van der Waals surface area contributed by atoms with Crippen molar-refractivity contribution in [1.29, 1.82) is 0 Å². The highest BCUT2D eigenvalue weighted by Gasteiger charge is 2.21. The van der Waals surface area contributed by atoms with Gasteiger partial charge in [0.05, 0.1) is 29.3 Å². The van der Waals surface area contributed by atoms with Crippen LogP contribution < -0.4 is 4.90 Å². The first kappa shape index (κ1) is 21.0. The Hall–Kier alpha value is -2.70. The van der Waals surface area contributed by atoms with Crippen molar-refractivity contribution in [3.63, 3.8) is 0 Å². The quantitative estimate of drug-likeness (QED) is 0.442. The number of anilines is 1. The SMILES string of the molecule is CCOC(=O)c1ccc(N(Cc2ccncc2)C(=O)c2cc(Br)ccc2Cl)cc1. The van der Waals surface area contributed by atoms with Crippen LogP contribution >= 0.6 is 27.5 Å². The normalized spacial score (nSPS) is 10.4. The van der Waals surface area contributed by atoms with Gasteiger partial charge in [-0.05, 0) is 67.1 Å². The molecule has 3 aromatic rings. The van der Waals surface area contributed by atoms with E-state index in [1.807, 2.05) is 12.1 Å². The number of nitrogens with zero attached hydrogens (tertiary/aromatic N) is 2. The van der Waals surface area contributed by atoms with Crippen LogP contribution in [-0.2, 0) is 11.3 Å². The third-order valence-electron chi connectivity index (χ3n) is 4.18. The molecule has 1 amide bonds. The van der Waals surface area contributed by atoms with E-state index in [1.54, 1.807) is 66.7 Å². The molecule has 0 saturated carbocycles. The number of benzene rings is 2. The van der Waals surface area contributed by atoms with Gasteiger partial charge in [-0.25, -0.2) is 4.79 Å². The molecule has 0 aliphatic carbocycles. The molecule has 0 saturated heterocycles. The van der Waals surface area contributed by atoms with Crippen LogP contribution in [0.2, 0.25) is 5.02 Å². The van der Waals surface area contributed by atoms with Crippen molar-refractivity contribution >= 4 is 45.1 Å². The average molecular weight is 474 g/mol. The summed E-state index contributed by atoms with van der Waals surface area (Å²) in [6.07, 6.45) is 3.35. The molecule has 0 aliphatic rings. The number of hydrogen-bond donors (Lipinski definition) is 0. The van der Waals surface area contributed by atoms with Crippen LogP contribution in [0.3, 0.4) is 0 Å². The minimum absolute atomic E-state index is 0.253. The molecule has 5 nitrogen and oxygen atoms in total. The Balaban J connectivity index is 1.98. The van der Waals surface area contributed by atoms with E-state index in [0.29, 0.717) is 35.0 Å². The fourth-order valence-electron chi connectivity index (χ4n) is 2.75. The summed E-state index contributed by atoms with van der Waals surface area (Å²) in [5, 5.41) is 0.362. The second-order valence-electron chi connectivity index (χ2n) is 6.14. The molecule has 1 aromatic heterocycles. The number of hydrogen-bond acceptors (Lipinski definition) is 4. The van der Waals surface area contributed by atoms with Crippen LogP contribution in [0.4, 0.5) is 5.69 Å². The van der Waals surface area contributed by atoms with Crippen molar-refractivity contribution in [3.8, 4) is 0 Å². The molecule has 0 fully saturated rings. The van der Waals surface area contributed by atoms with Crippen LogP contribution in [-0.4, -0.2) is 23.5 Å². The number of carbonyl (C=O) groups is 2. The van der Waals surface area contributed by atoms with Gasteiger partial charge in [0.1, 0.15) is 0 Å². The Morgan fingerprint density at radius 2 is 1.76 bits per heavy atom.